The number of ether oxygens (including phenoxy) is 1. The highest BCUT2D eigenvalue weighted by Crippen LogP contribution is 2.19. The van der Waals surface area contributed by atoms with E-state index in [0.29, 0.717) is 6.42 Å². The SMILES string of the molecule is CCCC(C)OC(=O)[C@@H](N)Cc1c[nH]c2ccccc12. The van der Waals surface area contributed by atoms with Gasteiger partial charge >= 0.3 is 5.97 Å². The second kappa shape index (κ2) is 6.57. The third kappa shape index (κ3) is 3.39. The largest absolute Gasteiger partial charge is 0.462 e. The number of benzene rings is 1. The summed E-state index contributed by atoms with van der Waals surface area (Å²) in [6, 6.07) is 7.37. The van der Waals surface area contributed by atoms with Gasteiger partial charge in [-0.1, -0.05) is 31.5 Å². The lowest BCUT2D eigenvalue weighted by Gasteiger charge is -2.16. The van der Waals surface area contributed by atoms with Gasteiger partial charge in [-0.25, -0.2) is 0 Å². The van der Waals surface area contributed by atoms with Crippen molar-refractivity contribution < 1.29 is 9.53 Å². The summed E-state index contributed by atoms with van der Waals surface area (Å²) in [4.78, 5) is 15.1. The highest BCUT2D eigenvalue weighted by molar-refractivity contribution is 5.84. The number of aromatic nitrogens is 1. The fourth-order valence-corrected chi connectivity index (χ4v) is 2.37. The van der Waals surface area contributed by atoms with Crippen molar-refractivity contribution in [2.45, 2.75) is 45.3 Å². The number of H-pyrrole nitrogens is 1. The second-order valence-electron chi connectivity index (χ2n) is 5.21. The maximum Gasteiger partial charge on any atom is 0.323 e. The summed E-state index contributed by atoms with van der Waals surface area (Å²) >= 11 is 0. The highest BCUT2D eigenvalue weighted by atomic mass is 16.5. The van der Waals surface area contributed by atoms with Gasteiger partial charge in [-0.05, 0) is 25.0 Å². The summed E-state index contributed by atoms with van der Waals surface area (Å²) in [7, 11) is 0. The van der Waals surface area contributed by atoms with Crippen LogP contribution in [0.3, 0.4) is 0 Å². The molecule has 0 bridgehead atoms. The summed E-state index contributed by atoms with van der Waals surface area (Å²) in [5.74, 6) is -0.323. The standard InChI is InChI=1S/C16H22N2O2/c1-3-6-11(2)20-16(19)14(17)9-12-10-18-15-8-5-4-7-13(12)15/h4-5,7-8,10-11,14,18H,3,6,9,17H2,1-2H3/t11?,14-/m0/s1. The van der Waals surface area contributed by atoms with E-state index in [1.54, 1.807) is 0 Å². The minimum absolute atomic E-state index is 0.0680. The molecule has 4 heteroatoms. The Hall–Kier alpha value is -1.81. The van der Waals surface area contributed by atoms with Gasteiger partial charge in [0, 0.05) is 23.5 Å². The molecule has 0 aliphatic rings. The maximum atomic E-state index is 11.9. The van der Waals surface area contributed by atoms with Crippen LogP contribution in [0, 0.1) is 0 Å². The Bertz CT molecular complexity index is 577. The van der Waals surface area contributed by atoms with Gasteiger partial charge in [-0.2, -0.15) is 0 Å². The second-order valence-corrected chi connectivity index (χ2v) is 5.21. The Kier molecular flexibility index (Phi) is 4.79. The van der Waals surface area contributed by atoms with E-state index in [-0.39, 0.29) is 12.1 Å². The van der Waals surface area contributed by atoms with Crippen molar-refractivity contribution in [3.63, 3.8) is 0 Å². The van der Waals surface area contributed by atoms with Crippen LogP contribution in [-0.2, 0) is 16.0 Å². The maximum absolute atomic E-state index is 11.9. The van der Waals surface area contributed by atoms with Crippen LogP contribution in [0.5, 0.6) is 0 Å². The average Bonchev–Trinajstić information content (AvgIpc) is 2.82. The van der Waals surface area contributed by atoms with Gasteiger partial charge in [-0.15, -0.1) is 0 Å². The molecule has 4 nitrogen and oxygen atoms in total. The molecular formula is C16H22N2O2. The van der Waals surface area contributed by atoms with E-state index in [1.165, 1.54) is 0 Å². The molecule has 108 valence electrons. The van der Waals surface area contributed by atoms with Gasteiger partial charge in [0.1, 0.15) is 6.04 Å². The molecule has 1 unspecified atom stereocenters. The number of carbonyl (C=O) groups is 1. The first-order chi connectivity index (χ1) is 9.61. The van der Waals surface area contributed by atoms with Gasteiger partial charge in [0.2, 0.25) is 0 Å². The monoisotopic (exact) mass is 274 g/mol. The summed E-state index contributed by atoms with van der Waals surface area (Å²) in [5, 5.41) is 1.11. The molecule has 0 aliphatic carbocycles. The Labute approximate surface area is 119 Å². The van der Waals surface area contributed by atoms with Crippen LogP contribution in [0.15, 0.2) is 30.5 Å². The molecule has 0 saturated heterocycles. The molecule has 2 atom stereocenters. The number of hydrogen-bond donors (Lipinski definition) is 2. The van der Waals surface area contributed by atoms with Crippen molar-refractivity contribution in [1.82, 2.24) is 4.98 Å². The first-order valence-corrected chi connectivity index (χ1v) is 7.13. The molecular weight excluding hydrogens is 252 g/mol. The van der Waals surface area contributed by atoms with Crippen LogP contribution >= 0.6 is 0 Å². The first kappa shape index (κ1) is 14.6. The molecule has 0 radical (unpaired) electrons. The van der Waals surface area contributed by atoms with E-state index in [2.05, 4.69) is 11.9 Å². The Balaban J connectivity index is 2.00. The average molecular weight is 274 g/mol. The molecule has 1 aromatic heterocycles. The van der Waals surface area contributed by atoms with Gasteiger partial charge in [0.15, 0.2) is 0 Å². The molecule has 2 aromatic rings. The molecule has 1 heterocycles. The summed E-state index contributed by atoms with van der Waals surface area (Å²) in [6.07, 6.45) is 4.19. The molecule has 1 aromatic carbocycles. The molecule has 3 N–H and O–H groups in total. The van der Waals surface area contributed by atoms with Crippen LogP contribution < -0.4 is 5.73 Å². The van der Waals surface area contributed by atoms with Gasteiger partial charge in [0.25, 0.3) is 0 Å². The Morgan fingerprint density at radius 2 is 2.15 bits per heavy atom. The topological polar surface area (TPSA) is 68.1 Å². The number of rotatable bonds is 6. The molecule has 20 heavy (non-hydrogen) atoms. The van der Waals surface area contributed by atoms with Gasteiger partial charge < -0.3 is 15.5 Å². The third-order valence-corrected chi connectivity index (χ3v) is 3.43. The number of para-hydroxylation sites is 1. The predicted molar refractivity (Wildman–Crippen MR) is 80.4 cm³/mol. The molecule has 0 amide bonds. The van der Waals surface area contributed by atoms with Crippen LogP contribution in [-0.4, -0.2) is 23.1 Å². The van der Waals surface area contributed by atoms with Crippen LogP contribution in [0.25, 0.3) is 10.9 Å². The van der Waals surface area contributed by atoms with Crippen molar-refractivity contribution in [3.8, 4) is 0 Å². The lowest BCUT2D eigenvalue weighted by molar-refractivity contribution is -0.150. The molecule has 0 fully saturated rings. The zero-order chi connectivity index (χ0) is 14.5. The van der Waals surface area contributed by atoms with E-state index in [1.807, 2.05) is 37.4 Å². The molecule has 0 spiro atoms. The minimum atomic E-state index is -0.617. The van der Waals surface area contributed by atoms with Crippen molar-refractivity contribution in [1.29, 1.82) is 0 Å². The number of aromatic amines is 1. The van der Waals surface area contributed by atoms with E-state index in [4.69, 9.17) is 10.5 Å². The highest BCUT2D eigenvalue weighted by Gasteiger charge is 2.19. The Morgan fingerprint density at radius 3 is 2.90 bits per heavy atom. The summed E-state index contributed by atoms with van der Waals surface area (Å²) in [5.41, 5.74) is 8.06. The zero-order valence-electron chi connectivity index (χ0n) is 12.1. The number of hydrogen-bond acceptors (Lipinski definition) is 3. The smallest absolute Gasteiger partial charge is 0.323 e. The van der Waals surface area contributed by atoms with Crippen molar-refractivity contribution in [2.24, 2.45) is 5.73 Å². The van der Waals surface area contributed by atoms with Crippen LogP contribution in [0.1, 0.15) is 32.3 Å². The summed E-state index contributed by atoms with van der Waals surface area (Å²) < 4.78 is 5.34. The Morgan fingerprint density at radius 1 is 1.40 bits per heavy atom. The fraction of sp³-hybridized carbons (Fsp3) is 0.438. The predicted octanol–water partition coefficient (Wildman–Crippen LogP) is 2.77. The van der Waals surface area contributed by atoms with Crippen molar-refractivity contribution in [3.05, 3.63) is 36.0 Å². The number of fused-ring (bicyclic) bond motifs is 1. The van der Waals surface area contributed by atoms with E-state index < -0.39 is 6.04 Å². The minimum Gasteiger partial charge on any atom is -0.462 e. The van der Waals surface area contributed by atoms with E-state index >= 15 is 0 Å². The quantitative estimate of drug-likeness (QED) is 0.796. The summed E-state index contributed by atoms with van der Waals surface area (Å²) in [6.45, 7) is 3.97. The van der Waals surface area contributed by atoms with Crippen molar-refractivity contribution >= 4 is 16.9 Å². The van der Waals surface area contributed by atoms with E-state index in [9.17, 15) is 4.79 Å². The molecule has 0 saturated carbocycles. The lowest BCUT2D eigenvalue weighted by Crippen LogP contribution is -2.36. The zero-order valence-corrected chi connectivity index (χ0v) is 12.1. The number of nitrogens with one attached hydrogen (secondary N) is 1. The lowest BCUT2D eigenvalue weighted by atomic mass is 10.1. The van der Waals surface area contributed by atoms with Gasteiger partial charge in [-0.3, -0.25) is 4.79 Å². The first-order valence-electron chi connectivity index (χ1n) is 7.13. The third-order valence-electron chi connectivity index (χ3n) is 3.43. The molecule has 2 rings (SSSR count). The van der Waals surface area contributed by atoms with Crippen LogP contribution in [0.4, 0.5) is 0 Å². The van der Waals surface area contributed by atoms with Gasteiger partial charge in [0.05, 0.1) is 6.10 Å². The molecule has 0 aliphatic heterocycles. The van der Waals surface area contributed by atoms with E-state index in [0.717, 1.165) is 29.3 Å². The number of carbonyl (C=O) groups excluding carboxylic acids is 1. The number of nitrogens with two attached hydrogens (primary N) is 1. The van der Waals surface area contributed by atoms with Crippen LogP contribution in [0.2, 0.25) is 0 Å². The van der Waals surface area contributed by atoms with Crippen molar-refractivity contribution in [2.75, 3.05) is 0 Å². The normalized spacial score (nSPS) is 14.2. The number of esters is 1. The fourth-order valence-electron chi connectivity index (χ4n) is 2.37.